The van der Waals surface area contributed by atoms with Gasteiger partial charge in [-0.05, 0) is 19.4 Å². The maximum absolute atomic E-state index is 12.4. The molecular weight excluding hydrogens is 382 g/mol. The van der Waals surface area contributed by atoms with Crippen molar-refractivity contribution in [3.8, 4) is 0 Å². The van der Waals surface area contributed by atoms with Crippen LogP contribution in [0, 0.1) is 6.92 Å². The second-order valence-electron chi connectivity index (χ2n) is 7.66. The minimum Gasteiger partial charge on any atom is -0.378 e. The van der Waals surface area contributed by atoms with Crippen molar-refractivity contribution in [2.24, 2.45) is 10.8 Å². The van der Waals surface area contributed by atoms with Crippen LogP contribution in [-0.2, 0) is 22.6 Å². The maximum Gasteiger partial charge on any atom is 0.245 e. The van der Waals surface area contributed by atoms with Gasteiger partial charge in [0.25, 0.3) is 0 Å². The van der Waals surface area contributed by atoms with E-state index >= 15 is 0 Å². The first-order chi connectivity index (χ1) is 14.5. The Balaban J connectivity index is 1.59. The Kier molecular flexibility index (Phi) is 5.91. The molecular formula is C21H27N7O2. The quantitative estimate of drug-likeness (QED) is 0.565. The predicted octanol–water partition coefficient (Wildman–Crippen LogP) is 1.26. The monoisotopic (exact) mass is 409 g/mol. The van der Waals surface area contributed by atoms with Crippen LogP contribution in [0.1, 0.15) is 29.3 Å². The molecule has 0 aliphatic carbocycles. The third kappa shape index (κ3) is 4.42. The molecule has 2 aromatic rings. The van der Waals surface area contributed by atoms with Crippen LogP contribution in [0.25, 0.3) is 0 Å². The minimum atomic E-state index is -0.546. The first-order valence-corrected chi connectivity index (χ1v) is 10.1. The number of carbonyl (C=O) groups is 1. The zero-order valence-electron chi connectivity index (χ0n) is 17.3. The standard InChI is InChI=1S/C21H27N7O2/c1-14-4-3-5-16(10-14)11-23-26-21-24-18-13-28(20(29)15(2)22)12-17(18)19(25-21)27-6-8-30-9-7-27/h3-5,10-11,15H,6-9,12-13,22H2,1-2H3,(H,24,25,26)/b23-11+/t15-/m1/s1. The maximum atomic E-state index is 12.4. The highest BCUT2D eigenvalue weighted by Crippen LogP contribution is 2.31. The zero-order valence-corrected chi connectivity index (χ0v) is 17.3. The number of nitrogens with zero attached hydrogens (tertiary/aromatic N) is 5. The molecule has 1 amide bonds. The third-order valence-corrected chi connectivity index (χ3v) is 5.19. The summed E-state index contributed by atoms with van der Waals surface area (Å²) in [6.07, 6.45) is 1.74. The number of nitrogens with one attached hydrogen (secondary N) is 1. The number of fused-ring (bicyclic) bond motifs is 1. The van der Waals surface area contributed by atoms with E-state index in [1.807, 2.05) is 31.2 Å². The molecule has 1 aromatic heterocycles. The van der Waals surface area contributed by atoms with Crippen molar-refractivity contribution in [2.45, 2.75) is 33.0 Å². The molecule has 0 saturated carbocycles. The van der Waals surface area contributed by atoms with Gasteiger partial charge in [0.05, 0.1) is 44.3 Å². The van der Waals surface area contributed by atoms with Crippen molar-refractivity contribution in [3.63, 3.8) is 0 Å². The van der Waals surface area contributed by atoms with Crippen LogP contribution >= 0.6 is 0 Å². The second-order valence-corrected chi connectivity index (χ2v) is 7.66. The third-order valence-electron chi connectivity index (χ3n) is 5.19. The molecule has 1 aromatic carbocycles. The number of anilines is 2. The molecule has 0 radical (unpaired) electrons. The van der Waals surface area contributed by atoms with Crippen molar-refractivity contribution in [1.82, 2.24) is 14.9 Å². The Morgan fingerprint density at radius 2 is 2.10 bits per heavy atom. The summed E-state index contributed by atoms with van der Waals surface area (Å²) in [5.41, 5.74) is 12.7. The van der Waals surface area contributed by atoms with Crippen LogP contribution in [0.2, 0.25) is 0 Å². The number of aryl methyl sites for hydroxylation is 1. The summed E-state index contributed by atoms with van der Waals surface area (Å²) in [4.78, 5) is 25.7. The van der Waals surface area contributed by atoms with Crippen molar-refractivity contribution in [1.29, 1.82) is 0 Å². The van der Waals surface area contributed by atoms with Crippen molar-refractivity contribution in [3.05, 3.63) is 46.6 Å². The number of ether oxygens (including phenoxy) is 1. The van der Waals surface area contributed by atoms with Gasteiger partial charge >= 0.3 is 0 Å². The Morgan fingerprint density at radius 3 is 2.83 bits per heavy atom. The number of hydrogen-bond acceptors (Lipinski definition) is 8. The summed E-state index contributed by atoms with van der Waals surface area (Å²) in [7, 11) is 0. The topological polar surface area (TPSA) is 109 Å². The lowest BCUT2D eigenvalue weighted by Gasteiger charge is -2.29. The number of carbonyl (C=O) groups excluding carboxylic acids is 1. The minimum absolute atomic E-state index is 0.0899. The SMILES string of the molecule is Cc1cccc(/C=N/Nc2nc3c(c(N4CCOCC4)n2)CN(C(=O)[C@@H](C)N)C3)c1. The number of aromatic nitrogens is 2. The molecule has 30 heavy (non-hydrogen) atoms. The zero-order chi connectivity index (χ0) is 21.1. The molecule has 9 nitrogen and oxygen atoms in total. The van der Waals surface area contributed by atoms with E-state index in [4.69, 9.17) is 15.5 Å². The van der Waals surface area contributed by atoms with Gasteiger partial charge in [0.15, 0.2) is 0 Å². The summed E-state index contributed by atoms with van der Waals surface area (Å²) in [5, 5.41) is 4.30. The molecule has 2 aliphatic heterocycles. The molecule has 1 atom stereocenters. The molecule has 1 saturated heterocycles. The van der Waals surface area contributed by atoms with Gasteiger partial charge in [-0.25, -0.2) is 10.4 Å². The molecule has 1 fully saturated rings. The van der Waals surface area contributed by atoms with Crippen LogP contribution in [0.3, 0.4) is 0 Å². The van der Waals surface area contributed by atoms with E-state index in [1.165, 1.54) is 5.56 Å². The van der Waals surface area contributed by atoms with Gasteiger partial charge in [-0.15, -0.1) is 0 Å². The van der Waals surface area contributed by atoms with Crippen molar-refractivity contribution < 1.29 is 9.53 Å². The van der Waals surface area contributed by atoms with Crippen LogP contribution in [0.4, 0.5) is 11.8 Å². The first-order valence-electron chi connectivity index (χ1n) is 10.1. The lowest BCUT2D eigenvalue weighted by molar-refractivity contribution is -0.132. The van der Waals surface area contributed by atoms with Gasteiger partial charge in [-0.3, -0.25) is 4.79 Å². The van der Waals surface area contributed by atoms with Gasteiger partial charge in [0.1, 0.15) is 5.82 Å². The number of hydrogen-bond donors (Lipinski definition) is 2. The lowest BCUT2D eigenvalue weighted by Crippen LogP contribution is -2.39. The summed E-state index contributed by atoms with van der Waals surface area (Å²) >= 11 is 0. The summed E-state index contributed by atoms with van der Waals surface area (Å²) in [6, 6.07) is 7.51. The molecule has 4 rings (SSSR count). The number of amides is 1. The van der Waals surface area contributed by atoms with Gasteiger partial charge in [-0.1, -0.05) is 29.8 Å². The van der Waals surface area contributed by atoms with Gasteiger partial charge in [-0.2, -0.15) is 10.1 Å². The van der Waals surface area contributed by atoms with E-state index in [1.54, 1.807) is 18.0 Å². The average Bonchev–Trinajstić information content (AvgIpc) is 3.17. The van der Waals surface area contributed by atoms with Crippen molar-refractivity contribution >= 4 is 23.9 Å². The number of hydrazone groups is 1. The van der Waals surface area contributed by atoms with Crippen LogP contribution in [0.5, 0.6) is 0 Å². The smallest absolute Gasteiger partial charge is 0.245 e. The Bertz CT molecular complexity index is 954. The molecule has 3 heterocycles. The van der Waals surface area contributed by atoms with E-state index in [2.05, 4.69) is 20.4 Å². The summed E-state index contributed by atoms with van der Waals surface area (Å²) in [5.74, 6) is 1.15. The largest absolute Gasteiger partial charge is 0.378 e. The Hall–Kier alpha value is -3.04. The second kappa shape index (κ2) is 8.76. The summed E-state index contributed by atoms with van der Waals surface area (Å²) < 4.78 is 5.48. The highest BCUT2D eigenvalue weighted by atomic mass is 16.5. The lowest BCUT2D eigenvalue weighted by atomic mass is 10.2. The van der Waals surface area contributed by atoms with Crippen molar-refractivity contribution in [2.75, 3.05) is 36.6 Å². The number of rotatable bonds is 5. The van der Waals surface area contributed by atoms with E-state index < -0.39 is 6.04 Å². The molecule has 0 spiro atoms. The van der Waals surface area contributed by atoms with Crippen LogP contribution in [0.15, 0.2) is 29.4 Å². The first kappa shape index (κ1) is 20.2. The normalized spacial score (nSPS) is 17.3. The average molecular weight is 409 g/mol. The fourth-order valence-corrected chi connectivity index (χ4v) is 3.68. The fourth-order valence-electron chi connectivity index (χ4n) is 3.68. The molecule has 158 valence electrons. The molecule has 9 heteroatoms. The molecule has 0 bridgehead atoms. The van der Waals surface area contributed by atoms with E-state index in [9.17, 15) is 4.79 Å². The number of morpholine rings is 1. The van der Waals surface area contributed by atoms with Gasteiger partial charge in [0.2, 0.25) is 11.9 Å². The summed E-state index contributed by atoms with van der Waals surface area (Å²) in [6.45, 7) is 7.42. The van der Waals surface area contributed by atoms with Crippen LogP contribution in [-0.4, -0.2) is 59.3 Å². The van der Waals surface area contributed by atoms with E-state index in [-0.39, 0.29) is 5.91 Å². The van der Waals surface area contributed by atoms with E-state index in [0.29, 0.717) is 32.3 Å². The Labute approximate surface area is 175 Å². The fraction of sp³-hybridized carbons (Fsp3) is 0.429. The predicted molar refractivity (Wildman–Crippen MR) is 115 cm³/mol. The molecule has 3 N–H and O–H groups in total. The van der Waals surface area contributed by atoms with E-state index in [0.717, 1.165) is 35.7 Å². The highest BCUT2D eigenvalue weighted by molar-refractivity contribution is 5.82. The highest BCUT2D eigenvalue weighted by Gasteiger charge is 2.31. The van der Waals surface area contributed by atoms with Gasteiger partial charge < -0.3 is 20.3 Å². The van der Waals surface area contributed by atoms with Gasteiger partial charge in [0, 0.05) is 18.7 Å². The Morgan fingerprint density at radius 1 is 1.30 bits per heavy atom. The number of benzene rings is 1. The molecule has 2 aliphatic rings. The molecule has 0 unspecified atom stereocenters. The van der Waals surface area contributed by atoms with Crippen LogP contribution < -0.4 is 16.1 Å². The number of nitrogens with two attached hydrogens (primary N) is 1.